The Bertz CT molecular complexity index is 279. The van der Waals surface area contributed by atoms with Crippen molar-refractivity contribution in [2.75, 3.05) is 0 Å². The first kappa shape index (κ1) is 8.33. The minimum atomic E-state index is -0.00454. The van der Waals surface area contributed by atoms with Crippen molar-refractivity contribution in [2.24, 2.45) is 0 Å². The summed E-state index contributed by atoms with van der Waals surface area (Å²) in [5.74, 6) is 0. The van der Waals surface area contributed by atoms with Crippen LogP contribution in [0.1, 0.15) is 11.1 Å². The Labute approximate surface area is 73.2 Å². The van der Waals surface area contributed by atoms with Crippen LogP contribution in [0.5, 0.6) is 0 Å². The van der Waals surface area contributed by atoms with Gasteiger partial charge in [-0.15, -0.1) is 0 Å². The first-order valence-electron chi connectivity index (χ1n) is 3.38. The van der Waals surface area contributed by atoms with Crippen molar-refractivity contribution >= 4 is 19.4 Å². The number of benzene rings is 1. The molecule has 0 saturated carbocycles. The topological polar surface area (TPSA) is 23.8 Å². The number of nitriles is 1. The van der Waals surface area contributed by atoms with E-state index in [1.807, 2.05) is 6.07 Å². The van der Waals surface area contributed by atoms with Gasteiger partial charge in [0, 0.05) is 0 Å². The molecule has 0 spiro atoms. The fraction of sp³-hybridized carbons (Fsp3) is 0.222. The van der Waals surface area contributed by atoms with Crippen molar-refractivity contribution in [2.45, 2.75) is 13.8 Å². The Hall–Kier alpha value is -0.771. The van der Waals surface area contributed by atoms with Gasteiger partial charge in [0.25, 0.3) is 0 Å². The number of nitrogens with zero attached hydrogens (tertiary/aromatic N) is 1. The van der Waals surface area contributed by atoms with Crippen LogP contribution in [0.3, 0.4) is 0 Å². The summed E-state index contributed by atoms with van der Waals surface area (Å²) in [6, 6.07) is 6.14. The van der Waals surface area contributed by atoms with Crippen LogP contribution in [0.2, 0.25) is 0 Å². The SMILES string of the molecule is Cc1cccc(C)c1[Se]C#N. The van der Waals surface area contributed by atoms with Crippen LogP contribution in [0.4, 0.5) is 0 Å². The second-order valence-electron chi connectivity index (χ2n) is 2.41. The molecule has 11 heavy (non-hydrogen) atoms. The van der Waals surface area contributed by atoms with Crippen molar-refractivity contribution in [1.29, 1.82) is 5.26 Å². The molecule has 0 saturated heterocycles. The van der Waals surface area contributed by atoms with Crippen LogP contribution >= 0.6 is 0 Å². The molecule has 0 radical (unpaired) electrons. The van der Waals surface area contributed by atoms with E-state index in [1.54, 1.807) is 0 Å². The summed E-state index contributed by atoms with van der Waals surface area (Å²) in [4.78, 5) is 2.23. The Morgan fingerprint density at radius 1 is 1.27 bits per heavy atom. The predicted molar refractivity (Wildman–Crippen MR) is 46.9 cm³/mol. The van der Waals surface area contributed by atoms with E-state index in [-0.39, 0.29) is 15.0 Å². The fourth-order valence-corrected chi connectivity index (χ4v) is 2.16. The molecule has 0 unspecified atom stereocenters. The maximum atomic E-state index is 8.55. The van der Waals surface area contributed by atoms with E-state index in [2.05, 4.69) is 30.9 Å². The molecule has 0 aliphatic heterocycles. The summed E-state index contributed by atoms with van der Waals surface area (Å²) in [6.07, 6.45) is 0. The maximum absolute atomic E-state index is 8.55. The van der Waals surface area contributed by atoms with Crippen molar-refractivity contribution in [3.63, 3.8) is 0 Å². The molecule has 1 nitrogen and oxygen atoms in total. The number of rotatable bonds is 1. The molecule has 0 aromatic heterocycles. The van der Waals surface area contributed by atoms with Crippen LogP contribution in [0.25, 0.3) is 0 Å². The third kappa shape index (κ3) is 1.83. The summed E-state index contributed by atoms with van der Waals surface area (Å²) in [5.41, 5.74) is 2.48. The molecule has 0 heterocycles. The van der Waals surface area contributed by atoms with Crippen molar-refractivity contribution < 1.29 is 0 Å². The van der Waals surface area contributed by atoms with Crippen molar-refractivity contribution in [1.82, 2.24) is 0 Å². The van der Waals surface area contributed by atoms with E-state index < -0.39 is 0 Å². The van der Waals surface area contributed by atoms with Crippen LogP contribution < -0.4 is 4.46 Å². The quantitative estimate of drug-likeness (QED) is 0.637. The Balaban J connectivity index is 3.12. The monoisotopic (exact) mass is 211 g/mol. The van der Waals surface area contributed by atoms with Gasteiger partial charge in [-0.05, 0) is 0 Å². The molecule has 0 atom stereocenters. The number of aryl methyl sites for hydroxylation is 2. The van der Waals surface area contributed by atoms with E-state index in [9.17, 15) is 0 Å². The molecule has 0 fully saturated rings. The van der Waals surface area contributed by atoms with Crippen LogP contribution in [-0.4, -0.2) is 15.0 Å². The second kappa shape index (κ2) is 3.57. The van der Waals surface area contributed by atoms with Gasteiger partial charge >= 0.3 is 72.8 Å². The van der Waals surface area contributed by atoms with Crippen molar-refractivity contribution in [3.8, 4) is 4.97 Å². The summed E-state index contributed by atoms with van der Waals surface area (Å²) >= 11 is -0.00454. The molecule has 0 N–H and O–H groups in total. The van der Waals surface area contributed by atoms with Gasteiger partial charge in [-0.2, -0.15) is 0 Å². The molecular formula is C9H9NSe. The molecule has 1 aromatic carbocycles. The van der Waals surface area contributed by atoms with Crippen LogP contribution in [0.15, 0.2) is 18.2 Å². The third-order valence-corrected chi connectivity index (χ3v) is 3.53. The van der Waals surface area contributed by atoms with Crippen LogP contribution in [-0.2, 0) is 0 Å². The van der Waals surface area contributed by atoms with E-state index in [4.69, 9.17) is 5.26 Å². The van der Waals surface area contributed by atoms with E-state index >= 15 is 0 Å². The minimum absolute atomic E-state index is 0.00454. The molecule has 2 heteroatoms. The van der Waals surface area contributed by atoms with Gasteiger partial charge in [0.1, 0.15) is 0 Å². The fourth-order valence-electron chi connectivity index (χ4n) is 1.01. The first-order valence-corrected chi connectivity index (χ1v) is 5.09. The Morgan fingerprint density at radius 2 is 1.82 bits per heavy atom. The Morgan fingerprint density at radius 3 is 2.27 bits per heavy atom. The molecule has 56 valence electrons. The molecule has 0 aliphatic rings. The van der Waals surface area contributed by atoms with Gasteiger partial charge in [-0.3, -0.25) is 0 Å². The zero-order valence-electron chi connectivity index (χ0n) is 6.59. The molecular weight excluding hydrogens is 201 g/mol. The molecule has 0 bridgehead atoms. The number of hydrogen-bond acceptors (Lipinski definition) is 1. The summed E-state index contributed by atoms with van der Waals surface area (Å²) < 4.78 is 1.24. The molecule has 0 aliphatic carbocycles. The van der Waals surface area contributed by atoms with Gasteiger partial charge in [-0.25, -0.2) is 0 Å². The molecule has 0 amide bonds. The van der Waals surface area contributed by atoms with Gasteiger partial charge in [0.15, 0.2) is 0 Å². The molecule has 1 rings (SSSR count). The normalized spacial score (nSPS) is 9.18. The second-order valence-corrected chi connectivity index (χ2v) is 4.08. The van der Waals surface area contributed by atoms with E-state index in [0.29, 0.717) is 0 Å². The first-order chi connectivity index (χ1) is 5.25. The van der Waals surface area contributed by atoms with E-state index in [1.165, 1.54) is 15.6 Å². The number of hydrogen-bond donors (Lipinski definition) is 0. The predicted octanol–water partition coefficient (Wildman–Crippen LogP) is 1.11. The zero-order chi connectivity index (χ0) is 8.27. The third-order valence-electron chi connectivity index (χ3n) is 1.56. The average molecular weight is 210 g/mol. The summed E-state index contributed by atoms with van der Waals surface area (Å²) in [7, 11) is 0. The average Bonchev–Trinajstić information content (AvgIpc) is 1.97. The standard InChI is InChI=1S/C9H9NSe/c1-7-4-3-5-8(2)9(7)11-6-10/h3-5H,1-2H3. The van der Waals surface area contributed by atoms with Gasteiger partial charge in [0.05, 0.1) is 0 Å². The van der Waals surface area contributed by atoms with Crippen molar-refractivity contribution in [3.05, 3.63) is 29.3 Å². The van der Waals surface area contributed by atoms with Crippen LogP contribution in [0, 0.1) is 24.1 Å². The van der Waals surface area contributed by atoms with Gasteiger partial charge < -0.3 is 0 Å². The van der Waals surface area contributed by atoms with E-state index in [0.717, 1.165) is 0 Å². The summed E-state index contributed by atoms with van der Waals surface area (Å²) in [6.45, 7) is 4.11. The molecule has 1 aromatic rings. The zero-order valence-corrected chi connectivity index (χ0v) is 8.30. The summed E-state index contributed by atoms with van der Waals surface area (Å²) in [5, 5.41) is 8.55. The Kier molecular flexibility index (Phi) is 2.70. The van der Waals surface area contributed by atoms with Gasteiger partial charge in [0.2, 0.25) is 0 Å². The van der Waals surface area contributed by atoms with Gasteiger partial charge in [-0.1, -0.05) is 0 Å².